The summed E-state index contributed by atoms with van der Waals surface area (Å²) in [6.07, 6.45) is 7.94. The van der Waals surface area contributed by atoms with Gasteiger partial charge in [-0.05, 0) is 0 Å². The summed E-state index contributed by atoms with van der Waals surface area (Å²) in [5.41, 5.74) is 0. The fraction of sp³-hybridized carbons (Fsp3) is 0.333. The van der Waals surface area contributed by atoms with E-state index < -0.39 is 0 Å². The van der Waals surface area contributed by atoms with Gasteiger partial charge >= 0.3 is 55.8 Å². The van der Waals surface area contributed by atoms with E-state index in [-0.39, 0.29) is 48.5 Å². The van der Waals surface area contributed by atoms with Gasteiger partial charge in [0.05, 0.1) is 0 Å². The molecule has 0 spiro atoms. The van der Waals surface area contributed by atoms with Crippen molar-refractivity contribution < 1.29 is 23.2 Å². The van der Waals surface area contributed by atoms with Gasteiger partial charge in [-0.1, -0.05) is 25.2 Å². The minimum atomic E-state index is -0.0408. The van der Waals surface area contributed by atoms with Crippen LogP contribution in [-0.2, 0) is 23.2 Å². The molecule has 1 aliphatic carbocycles. The molecule has 0 saturated heterocycles. The maximum absolute atomic E-state index is 2.36. The van der Waals surface area contributed by atoms with Crippen LogP contribution in [0.25, 0.3) is 0 Å². The van der Waals surface area contributed by atoms with Crippen LogP contribution in [0.2, 0.25) is 4.63 Å². The van der Waals surface area contributed by atoms with Crippen molar-refractivity contribution in [2.75, 3.05) is 0 Å². The second-order valence-corrected chi connectivity index (χ2v) is 4.38. The molecule has 0 aliphatic heterocycles. The quantitative estimate of drug-likeness (QED) is 0.429. The topological polar surface area (TPSA) is 0 Å². The van der Waals surface area contributed by atoms with Gasteiger partial charge in [0.25, 0.3) is 0 Å². The van der Waals surface area contributed by atoms with E-state index in [1.54, 1.807) is 3.28 Å². The van der Waals surface area contributed by atoms with E-state index in [4.69, 9.17) is 0 Å². The molecule has 0 amide bonds. The first-order valence-corrected chi connectivity index (χ1v) is 6.15. The van der Waals surface area contributed by atoms with Gasteiger partial charge in [0.1, 0.15) is 0 Å². The van der Waals surface area contributed by atoms with Crippen LogP contribution in [0.4, 0.5) is 0 Å². The van der Waals surface area contributed by atoms with Crippen LogP contribution >= 0.6 is 0 Å². The van der Waals surface area contributed by atoms with Gasteiger partial charge in [-0.15, -0.1) is 0 Å². The van der Waals surface area contributed by atoms with Crippen molar-refractivity contribution in [3.63, 3.8) is 0 Å². The van der Waals surface area contributed by atoms with Gasteiger partial charge in [-0.2, -0.15) is 0 Å². The Morgan fingerprint density at radius 1 is 1.30 bits per heavy atom. The molecule has 0 heterocycles. The van der Waals surface area contributed by atoms with Crippen molar-refractivity contribution in [1.82, 2.24) is 0 Å². The first kappa shape index (κ1) is 16.9. The minimum absolute atomic E-state index is 0. The second-order valence-electron chi connectivity index (χ2n) is 1.57. The van der Waals surface area contributed by atoms with Gasteiger partial charge in [0.2, 0.25) is 0 Å². The molecule has 0 radical (unpaired) electrons. The predicted octanol–water partition coefficient (Wildman–Crippen LogP) is -2.39. The summed E-state index contributed by atoms with van der Waals surface area (Å²) in [5.74, 6) is 0. The third kappa shape index (κ3) is 5.35. The van der Waals surface area contributed by atoms with Crippen molar-refractivity contribution in [1.29, 1.82) is 0 Å². The fourth-order valence-corrected chi connectivity index (χ4v) is 2.07. The molecule has 1 aliphatic rings. The zero-order valence-electron chi connectivity index (χ0n) is 4.44. The number of hydrogen-bond donors (Lipinski definition) is 0. The molecule has 0 fully saturated rings. The summed E-state index contributed by atoms with van der Waals surface area (Å²) < 4.78 is 4.09. The normalized spacial score (nSPS) is 11.5. The summed E-state index contributed by atoms with van der Waals surface area (Å²) in [5, 5.41) is 0. The van der Waals surface area contributed by atoms with Crippen LogP contribution in [0, 0.1) is 0 Å². The fourth-order valence-electron chi connectivity index (χ4n) is 0.633. The first-order valence-electron chi connectivity index (χ1n) is 2.47. The molecule has 1 rings (SSSR count). The molecule has 0 aromatic heterocycles. The Hall–Kier alpha value is 0.558. The van der Waals surface area contributed by atoms with Gasteiger partial charge < -0.3 is 0 Å². The molecule has 0 bridgehead atoms. The summed E-state index contributed by atoms with van der Waals surface area (Å²) in [4.78, 5) is 0. The summed E-state index contributed by atoms with van der Waals surface area (Å²) in [7, 11) is 0. The van der Waals surface area contributed by atoms with Crippen molar-refractivity contribution in [3.8, 4) is 0 Å². The molecule has 57 valence electrons. The van der Waals surface area contributed by atoms with Crippen molar-refractivity contribution in [3.05, 3.63) is 21.5 Å². The van der Waals surface area contributed by atoms with Crippen molar-refractivity contribution in [2.24, 2.45) is 0 Å². The number of allylic oxidation sites excluding steroid dienone is 4. The maximum atomic E-state index is 2.36. The molecule has 0 aromatic rings. The number of hydrogen-bond acceptors (Lipinski definition) is 0. The Kier molecular flexibility index (Phi) is 16.1. The summed E-state index contributed by atoms with van der Waals surface area (Å²) in [6, 6.07) is 0. The third-order valence-electron chi connectivity index (χ3n) is 1.09. The van der Waals surface area contributed by atoms with Crippen LogP contribution in [0.1, 0.15) is 6.42 Å². The Labute approximate surface area is 80.8 Å². The first-order chi connectivity index (χ1) is 3.43. The standard InChI is InChI=1S/C5H5.CH3.3BH4.Zr/c1-2-4-5-3-1;;;;;/h1-3H,4H2;1H3;3*1H4;/q;;3*-1;+3. The van der Waals surface area contributed by atoms with Gasteiger partial charge in [-0.3, -0.25) is 0 Å². The number of rotatable bonds is 1. The molecule has 0 atom stereocenters. The van der Waals surface area contributed by atoms with E-state index in [9.17, 15) is 0 Å². The zero-order valence-corrected chi connectivity index (χ0v) is 6.90. The van der Waals surface area contributed by atoms with Gasteiger partial charge in [0.15, 0.2) is 0 Å². The SMILES string of the molecule is [BH4-].[BH4-].[BH4-].[CH3][Zr+3][C]1=CC=CC1. The van der Waals surface area contributed by atoms with E-state index in [1.165, 1.54) is 6.42 Å². The van der Waals surface area contributed by atoms with Crippen molar-refractivity contribution >= 4 is 25.2 Å². The molecular formula is C6H20B3Zr. The predicted molar refractivity (Wildman–Crippen MR) is 61.7 cm³/mol. The molecule has 0 N–H and O–H groups in total. The van der Waals surface area contributed by atoms with Crippen molar-refractivity contribution in [2.45, 2.75) is 11.1 Å². The van der Waals surface area contributed by atoms with Crippen LogP contribution in [0.3, 0.4) is 0 Å². The average molecular weight is 216 g/mol. The van der Waals surface area contributed by atoms with Gasteiger partial charge in [-0.25, -0.2) is 0 Å². The van der Waals surface area contributed by atoms with Crippen LogP contribution in [0.5, 0.6) is 0 Å². The molecule has 0 aromatic carbocycles. The monoisotopic (exact) mass is 215 g/mol. The molecule has 4 heteroatoms. The summed E-state index contributed by atoms with van der Waals surface area (Å²) >= 11 is -0.0408. The molecular weight excluding hydrogens is 196 g/mol. The Morgan fingerprint density at radius 3 is 2.10 bits per heavy atom. The van der Waals surface area contributed by atoms with Crippen LogP contribution in [-0.4, -0.2) is 25.2 Å². The van der Waals surface area contributed by atoms with Crippen LogP contribution in [0.15, 0.2) is 21.5 Å². The zero-order chi connectivity index (χ0) is 5.11. The van der Waals surface area contributed by atoms with E-state index in [0.717, 1.165) is 0 Å². The summed E-state index contributed by atoms with van der Waals surface area (Å²) in [6.45, 7) is 0. The van der Waals surface area contributed by atoms with E-state index in [2.05, 4.69) is 22.9 Å². The van der Waals surface area contributed by atoms with E-state index >= 15 is 0 Å². The molecule has 0 nitrogen and oxygen atoms in total. The average Bonchev–Trinajstić information content (AvgIpc) is 2.14. The Bertz CT molecular complexity index is 120. The second kappa shape index (κ2) is 9.56. The molecule has 10 heavy (non-hydrogen) atoms. The Balaban J connectivity index is -0.000000163. The van der Waals surface area contributed by atoms with E-state index in [1.807, 2.05) is 0 Å². The molecule has 0 saturated carbocycles. The van der Waals surface area contributed by atoms with E-state index in [0.29, 0.717) is 0 Å². The van der Waals surface area contributed by atoms with Gasteiger partial charge in [0, 0.05) is 0 Å². The molecule has 0 unspecified atom stereocenters. The Morgan fingerprint density at radius 2 is 1.90 bits per heavy atom. The van der Waals surface area contributed by atoms with Crippen LogP contribution < -0.4 is 0 Å². The third-order valence-corrected chi connectivity index (χ3v) is 3.58.